The maximum Gasteiger partial charge on any atom is 0.0100 e. The molecule has 0 saturated heterocycles. The van der Waals surface area contributed by atoms with Crippen molar-refractivity contribution < 1.29 is 0 Å². The Kier molecular flexibility index (Phi) is 7.47. The Morgan fingerprint density at radius 1 is 0.571 bits per heavy atom. The lowest BCUT2D eigenvalue weighted by Crippen LogP contribution is -2.33. The van der Waals surface area contributed by atoms with E-state index >= 15 is 0 Å². The minimum absolute atomic E-state index is 1.07. The largest absolute Gasteiger partial charge is 0.258 e. The molecular formula is C12H22N2. The summed E-state index contributed by atoms with van der Waals surface area (Å²) in [6.45, 7) is 2.17. The van der Waals surface area contributed by atoms with Crippen LogP contribution in [-0.4, -0.2) is 13.1 Å². The van der Waals surface area contributed by atoms with Crippen molar-refractivity contribution in [2.24, 2.45) is 0 Å². The quantitative estimate of drug-likeness (QED) is 0.578. The summed E-state index contributed by atoms with van der Waals surface area (Å²) in [5, 5.41) is 0. The molecule has 0 unspecified atom stereocenters. The lowest BCUT2D eigenvalue weighted by Gasteiger charge is -2.06. The molecule has 2 N–H and O–H groups in total. The second-order valence-electron chi connectivity index (χ2n) is 3.83. The van der Waals surface area contributed by atoms with Crippen molar-refractivity contribution >= 4 is 0 Å². The second-order valence-corrected chi connectivity index (χ2v) is 3.83. The Labute approximate surface area is 87.8 Å². The normalized spacial score (nSPS) is 21.7. The van der Waals surface area contributed by atoms with Gasteiger partial charge in [-0.25, -0.2) is 0 Å². The molecule has 1 aliphatic rings. The van der Waals surface area contributed by atoms with Crippen LogP contribution in [0.15, 0.2) is 0 Å². The molecule has 14 heavy (non-hydrogen) atoms. The first-order valence-electron chi connectivity index (χ1n) is 5.91. The fraction of sp³-hybridized carbons (Fsp3) is 0.833. The van der Waals surface area contributed by atoms with Crippen molar-refractivity contribution in [3.8, 4) is 11.8 Å². The van der Waals surface area contributed by atoms with Crippen molar-refractivity contribution in [3.63, 3.8) is 0 Å². The highest BCUT2D eigenvalue weighted by atomic mass is 15.3. The van der Waals surface area contributed by atoms with Crippen LogP contribution < -0.4 is 10.9 Å². The van der Waals surface area contributed by atoms with E-state index in [1.165, 1.54) is 38.5 Å². The summed E-state index contributed by atoms with van der Waals surface area (Å²) in [5.74, 6) is 6.49. The molecule has 0 amide bonds. The van der Waals surface area contributed by atoms with Gasteiger partial charge in [0.25, 0.3) is 0 Å². The van der Waals surface area contributed by atoms with Crippen LogP contribution in [0.3, 0.4) is 0 Å². The van der Waals surface area contributed by atoms with Gasteiger partial charge in [0.1, 0.15) is 0 Å². The zero-order chi connectivity index (χ0) is 9.90. The van der Waals surface area contributed by atoms with Gasteiger partial charge < -0.3 is 0 Å². The van der Waals surface area contributed by atoms with Crippen molar-refractivity contribution in [2.75, 3.05) is 13.1 Å². The zero-order valence-electron chi connectivity index (χ0n) is 9.07. The van der Waals surface area contributed by atoms with Crippen LogP contribution in [0.1, 0.15) is 51.4 Å². The third-order valence-electron chi connectivity index (χ3n) is 2.46. The van der Waals surface area contributed by atoms with Crippen LogP contribution in [0.4, 0.5) is 0 Å². The Morgan fingerprint density at radius 2 is 1.07 bits per heavy atom. The van der Waals surface area contributed by atoms with E-state index in [1.54, 1.807) is 0 Å². The standard InChI is InChI=1S/C12H22N2/c1-2-4-6-8-10-12-14-13-11-9-7-5-3-1/h13-14H,1,3,5-12H2. The highest BCUT2D eigenvalue weighted by Gasteiger charge is 1.91. The molecule has 0 spiro atoms. The highest BCUT2D eigenvalue weighted by Crippen LogP contribution is 2.02. The topological polar surface area (TPSA) is 24.1 Å². The van der Waals surface area contributed by atoms with Gasteiger partial charge in [0, 0.05) is 25.9 Å². The van der Waals surface area contributed by atoms with Crippen LogP contribution in [0.2, 0.25) is 0 Å². The Balaban J connectivity index is 2.12. The van der Waals surface area contributed by atoms with Gasteiger partial charge in [-0.15, -0.1) is 11.8 Å². The molecule has 0 aliphatic carbocycles. The first-order valence-corrected chi connectivity index (χ1v) is 5.91. The van der Waals surface area contributed by atoms with Crippen molar-refractivity contribution in [1.29, 1.82) is 0 Å². The molecule has 1 rings (SSSR count). The predicted molar refractivity (Wildman–Crippen MR) is 60.7 cm³/mol. The smallest absolute Gasteiger partial charge is 0.0100 e. The highest BCUT2D eigenvalue weighted by molar-refractivity contribution is 4.98. The number of hydrazine groups is 1. The van der Waals surface area contributed by atoms with Gasteiger partial charge >= 0.3 is 0 Å². The molecule has 0 radical (unpaired) electrons. The number of nitrogens with one attached hydrogen (secondary N) is 2. The van der Waals surface area contributed by atoms with Crippen LogP contribution in [-0.2, 0) is 0 Å². The minimum atomic E-state index is 1.07. The van der Waals surface area contributed by atoms with Crippen LogP contribution in [0, 0.1) is 11.8 Å². The molecule has 0 bridgehead atoms. The van der Waals surface area contributed by atoms with E-state index in [9.17, 15) is 0 Å². The maximum atomic E-state index is 3.25. The number of rotatable bonds is 0. The van der Waals surface area contributed by atoms with E-state index < -0.39 is 0 Å². The van der Waals surface area contributed by atoms with E-state index in [0.717, 1.165) is 25.9 Å². The Bertz CT molecular complexity index is 160. The maximum absolute atomic E-state index is 3.25. The monoisotopic (exact) mass is 194 g/mol. The molecule has 0 aromatic rings. The molecule has 0 aromatic carbocycles. The summed E-state index contributed by atoms with van der Waals surface area (Å²) in [7, 11) is 0. The van der Waals surface area contributed by atoms with E-state index in [-0.39, 0.29) is 0 Å². The Morgan fingerprint density at radius 3 is 1.79 bits per heavy atom. The lowest BCUT2D eigenvalue weighted by molar-refractivity contribution is 0.491. The molecule has 1 heterocycles. The number of hydrogen-bond donors (Lipinski definition) is 2. The molecule has 0 saturated carbocycles. The van der Waals surface area contributed by atoms with Gasteiger partial charge in [-0.05, 0) is 25.7 Å². The van der Waals surface area contributed by atoms with E-state index in [1.807, 2.05) is 0 Å². The van der Waals surface area contributed by atoms with Crippen molar-refractivity contribution in [3.05, 3.63) is 0 Å². The van der Waals surface area contributed by atoms with E-state index in [2.05, 4.69) is 22.7 Å². The van der Waals surface area contributed by atoms with Gasteiger partial charge in [0.05, 0.1) is 0 Å². The van der Waals surface area contributed by atoms with Gasteiger partial charge in [0.2, 0.25) is 0 Å². The fourth-order valence-corrected chi connectivity index (χ4v) is 1.56. The summed E-state index contributed by atoms with van der Waals surface area (Å²) in [5.41, 5.74) is 6.49. The van der Waals surface area contributed by atoms with Gasteiger partial charge in [-0.2, -0.15) is 0 Å². The predicted octanol–water partition coefficient (Wildman–Crippen LogP) is 2.22. The third kappa shape index (κ3) is 6.94. The lowest BCUT2D eigenvalue weighted by atomic mass is 10.1. The van der Waals surface area contributed by atoms with E-state index in [0.29, 0.717) is 0 Å². The molecule has 2 nitrogen and oxygen atoms in total. The summed E-state index contributed by atoms with van der Waals surface area (Å²) in [4.78, 5) is 0. The molecule has 0 aromatic heterocycles. The average Bonchev–Trinajstić information content (AvgIpc) is 2.22. The van der Waals surface area contributed by atoms with Crippen LogP contribution >= 0.6 is 0 Å². The summed E-state index contributed by atoms with van der Waals surface area (Å²) < 4.78 is 0. The molecule has 1 aliphatic heterocycles. The first-order chi connectivity index (χ1) is 7.00. The molecule has 80 valence electrons. The summed E-state index contributed by atoms with van der Waals surface area (Å²) >= 11 is 0. The van der Waals surface area contributed by atoms with Crippen molar-refractivity contribution in [1.82, 2.24) is 10.9 Å². The van der Waals surface area contributed by atoms with Crippen molar-refractivity contribution in [2.45, 2.75) is 51.4 Å². The average molecular weight is 194 g/mol. The minimum Gasteiger partial charge on any atom is -0.258 e. The van der Waals surface area contributed by atoms with Gasteiger partial charge in [-0.3, -0.25) is 10.9 Å². The zero-order valence-corrected chi connectivity index (χ0v) is 9.07. The SMILES string of the molecule is C1#CCCCCNNCCCCCC1. The third-order valence-corrected chi connectivity index (χ3v) is 2.46. The summed E-state index contributed by atoms with van der Waals surface area (Å²) in [6, 6.07) is 0. The van der Waals surface area contributed by atoms with Crippen LogP contribution in [0.25, 0.3) is 0 Å². The molecule has 0 atom stereocenters. The molecule has 2 heteroatoms. The fourth-order valence-electron chi connectivity index (χ4n) is 1.56. The molecular weight excluding hydrogens is 172 g/mol. The summed E-state index contributed by atoms with van der Waals surface area (Å²) in [6.07, 6.45) is 9.84. The van der Waals surface area contributed by atoms with Gasteiger partial charge in [-0.1, -0.05) is 12.8 Å². The second kappa shape index (κ2) is 9.05. The first kappa shape index (κ1) is 11.6. The molecule has 0 fully saturated rings. The van der Waals surface area contributed by atoms with Gasteiger partial charge in [0.15, 0.2) is 0 Å². The van der Waals surface area contributed by atoms with Crippen LogP contribution in [0.5, 0.6) is 0 Å². The van der Waals surface area contributed by atoms with E-state index in [4.69, 9.17) is 0 Å². The number of hydrogen-bond acceptors (Lipinski definition) is 2. The Hall–Kier alpha value is -0.520.